The van der Waals surface area contributed by atoms with Gasteiger partial charge in [0.2, 0.25) is 0 Å². The third-order valence-corrected chi connectivity index (χ3v) is 5.19. The molecule has 0 spiro atoms. The summed E-state index contributed by atoms with van der Waals surface area (Å²) in [6.45, 7) is 3.16. The Bertz CT molecular complexity index is 1010. The van der Waals surface area contributed by atoms with Crippen molar-refractivity contribution in [1.82, 2.24) is 9.88 Å². The van der Waals surface area contributed by atoms with Crippen LogP contribution in [0, 0.1) is 0 Å². The molecule has 0 bridgehead atoms. The third kappa shape index (κ3) is 2.24. The molecule has 3 heteroatoms. The summed E-state index contributed by atoms with van der Waals surface area (Å²) in [4.78, 5) is 5.93. The van der Waals surface area contributed by atoms with Crippen LogP contribution in [0.4, 0.5) is 0 Å². The molecular formula is C21H20N2O. The number of fused-ring (bicyclic) bond motifs is 4. The minimum atomic E-state index is 0.995. The highest BCUT2D eigenvalue weighted by molar-refractivity contribution is 5.83. The van der Waals surface area contributed by atoms with Crippen molar-refractivity contribution in [3.8, 4) is 0 Å². The molecule has 0 saturated heterocycles. The molecule has 3 heterocycles. The summed E-state index contributed by atoms with van der Waals surface area (Å²) < 4.78 is 6.02. The van der Waals surface area contributed by atoms with Crippen molar-refractivity contribution in [3.05, 3.63) is 71.6 Å². The van der Waals surface area contributed by atoms with E-state index in [2.05, 4.69) is 58.5 Å². The first-order chi connectivity index (χ1) is 11.9. The molecule has 3 nitrogen and oxygen atoms in total. The zero-order valence-electron chi connectivity index (χ0n) is 13.6. The summed E-state index contributed by atoms with van der Waals surface area (Å²) in [6, 6.07) is 17.0. The number of para-hydroxylation sites is 2. The van der Waals surface area contributed by atoms with Crippen molar-refractivity contribution in [1.29, 1.82) is 0 Å². The third-order valence-electron chi connectivity index (χ3n) is 5.19. The lowest BCUT2D eigenvalue weighted by atomic mass is 10.0. The quantitative estimate of drug-likeness (QED) is 0.603. The second kappa shape index (κ2) is 5.53. The summed E-state index contributed by atoms with van der Waals surface area (Å²) in [6.07, 6.45) is 4.25. The fourth-order valence-electron chi connectivity index (χ4n) is 3.89. The second-order valence-electron chi connectivity index (χ2n) is 6.64. The Morgan fingerprint density at radius 3 is 2.79 bits per heavy atom. The Morgan fingerprint density at radius 2 is 1.83 bits per heavy atom. The van der Waals surface area contributed by atoms with Gasteiger partial charge < -0.3 is 9.40 Å². The topological polar surface area (TPSA) is 32.2 Å². The molecule has 1 aliphatic heterocycles. The lowest BCUT2D eigenvalue weighted by molar-refractivity contribution is 0.247. The molecule has 0 fully saturated rings. The van der Waals surface area contributed by atoms with Gasteiger partial charge in [0.25, 0.3) is 0 Å². The number of furan rings is 1. The summed E-state index contributed by atoms with van der Waals surface area (Å²) in [7, 11) is 0. The maximum atomic E-state index is 6.02. The average molecular weight is 316 g/mol. The van der Waals surface area contributed by atoms with Gasteiger partial charge in [-0.2, -0.15) is 0 Å². The highest BCUT2D eigenvalue weighted by Gasteiger charge is 2.22. The molecule has 0 amide bonds. The van der Waals surface area contributed by atoms with Gasteiger partial charge >= 0.3 is 0 Å². The molecule has 0 unspecified atom stereocenters. The van der Waals surface area contributed by atoms with Crippen molar-refractivity contribution in [2.24, 2.45) is 0 Å². The summed E-state index contributed by atoms with van der Waals surface area (Å²) in [5, 5.41) is 2.63. The fourth-order valence-corrected chi connectivity index (χ4v) is 3.89. The molecule has 0 atom stereocenters. The first kappa shape index (κ1) is 13.9. The molecule has 1 aliphatic rings. The Kier molecular flexibility index (Phi) is 3.20. The number of aromatic nitrogens is 1. The lowest BCUT2D eigenvalue weighted by Crippen LogP contribution is -2.31. The molecule has 2 aromatic carbocycles. The first-order valence-electron chi connectivity index (χ1n) is 8.65. The first-order valence-corrected chi connectivity index (χ1v) is 8.65. The van der Waals surface area contributed by atoms with Crippen LogP contribution >= 0.6 is 0 Å². The van der Waals surface area contributed by atoms with E-state index in [1.807, 2.05) is 6.07 Å². The van der Waals surface area contributed by atoms with Crippen LogP contribution in [0.3, 0.4) is 0 Å². The molecule has 2 aromatic heterocycles. The summed E-state index contributed by atoms with van der Waals surface area (Å²) in [5.41, 5.74) is 5.06. The summed E-state index contributed by atoms with van der Waals surface area (Å²) >= 11 is 0. The van der Waals surface area contributed by atoms with E-state index in [0.717, 1.165) is 38.1 Å². The Balaban J connectivity index is 1.36. The van der Waals surface area contributed by atoms with Crippen molar-refractivity contribution in [2.45, 2.75) is 19.4 Å². The minimum absolute atomic E-state index is 0.995. The monoisotopic (exact) mass is 316 g/mol. The standard InChI is InChI=1S/C21H20N2O/c1-3-7-19-16(5-1)15(13-22-19)9-11-23-12-10-21-18(14-23)17-6-2-4-8-20(17)24-21/h1-8,13,22H,9-12,14H2. The predicted molar refractivity (Wildman–Crippen MR) is 97.2 cm³/mol. The van der Waals surface area contributed by atoms with E-state index >= 15 is 0 Å². The van der Waals surface area contributed by atoms with Gasteiger partial charge in [-0.1, -0.05) is 36.4 Å². The van der Waals surface area contributed by atoms with Gasteiger partial charge in [-0.25, -0.2) is 0 Å². The van der Waals surface area contributed by atoms with Gasteiger partial charge in [-0.05, 0) is 24.1 Å². The molecule has 24 heavy (non-hydrogen) atoms. The lowest BCUT2D eigenvalue weighted by Gasteiger charge is -2.26. The van der Waals surface area contributed by atoms with E-state index in [9.17, 15) is 0 Å². The number of hydrogen-bond acceptors (Lipinski definition) is 2. The number of nitrogens with zero attached hydrogens (tertiary/aromatic N) is 1. The number of rotatable bonds is 3. The molecule has 4 aromatic rings. The second-order valence-corrected chi connectivity index (χ2v) is 6.64. The zero-order chi connectivity index (χ0) is 15.9. The van der Waals surface area contributed by atoms with E-state index < -0.39 is 0 Å². The largest absolute Gasteiger partial charge is 0.461 e. The number of H-pyrrole nitrogens is 1. The molecule has 0 aliphatic carbocycles. The van der Waals surface area contributed by atoms with Crippen molar-refractivity contribution >= 4 is 21.9 Å². The van der Waals surface area contributed by atoms with Crippen LogP contribution in [0.5, 0.6) is 0 Å². The number of hydrogen-bond donors (Lipinski definition) is 1. The van der Waals surface area contributed by atoms with Crippen LogP contribution < -0.4 is 0 Å². The molecule has 1 N–H and O–H groups in total. The van der Waals surface area contributed by atoms with Crippen LogP contribution in [-0.4, -0.2) is 23.0 Å². The molecule has 0 saturated carbocycles. The highest BCUT2D eigenvalue weighted by Crippen LogP contribution is 2.30. The molecule has 0 radical (unpaired) electrons. The molecule has 5 rings (SSSR count). The van der Waals surface area contributed by atoms with Crippen molar-refractivity contribution < 1.29 is 4.42 Å². The normalized spacial score (nSPS) is 15.2. The van der Waals surface area contributed by atoms with Crippen LogP contribution in [0.1, 0.15) is 16.9 Å². The summed E-state index contributed by atoms with van der Waals surface area (Å²) in [5.74, 6) is 1.18. The number of nitrogens with one attached hydrogen (secondary N) is 1. The average Bonchev–Trinajstić information content (AvgIpc) is 3.21. The van der Waals surface area contributed by atoms with E-state index in [1.54, 1.807) is 0 Å². The highest BCUT2D eigenvalue weighted by atomic mass is 16.3. The van der Waals surface area contributed by atoms with Crippen molar-refractivity contribution in [2.75, 3.05) is 13.1 Å². The number of benzene rings is 2. The van der Waals surface area contributed by atoms with Crippen LogP contribution in [-0.2, 0) is 19.4 Å². The Morgan fingerprint density at radius 1 is 1.00 bits per heavy atom. The van der Waals surface area contributed by atoms with Gasteiger partial charge in [0, 0.05) is 54.1 Å². The molecular weight excluding hydrogens is 296 g/mol. The van der Waals surface area contributed by atoms with Gasteiger partial charge in [0.15, 0.2) is 0 Å². The van der Waals surface area contributed by atoms with E-state index in [-0.39, 0.29) is 0 Å². The maximum Gasteiger partial charge on any atom is 0.134 e. The SMILES string of the molecule is c1ccc2c(CCN3CCc4oc5ccccc5c4C3)c[nH]c2c1. The van der Waals surface area contributed by atoms with Gasteiger partial charge in [-0.3, -0.25) is 4.90 Å². The van der Waals surface area contributed by atoms with Gasteiger partial charge in [-0.15, -0.1) is 0 Å². The van der Waals surface area contributed by atoms with Gasteiger partial charge in [0.05, 0.1) is 0 Å². The maximum absolute atomic E-state index is 6.02. The fraction of sp³-hybridized carbons (Fsp3) is 0.238. The smallest absolute Gasteiger partial charge is 0.134 e. The van der Waals surface area contributed by atoms with Crippen LogP contribution in [0.15, 0.2) is 59.1 Å². The van der Waals surface area contributed by atoms with Crippen LogP contribution in [0.25, 0.3) is 21.9 Å². The van der Waals surface area contributed by atoms with Crippen molar-refractivity contribution in [3.63, 3.8) is 0 Å². The van der Waals surface area contributed by atoms with Crippen LogP contribution in [0.2, 0.25) is 0 Å². The minimum Gasteiger partial charge on any atom is -0.461 e. The van der Waals surface area contributed by atoms with E-state index in [4.69, 9.17) is 4.42 Å². The predicted octanol–water partition coefficient (Wildman–Crippen LogP) is 4.51. The zero-order valence-corrected chi connectivity index (χ0v) is 13.6. The van der Waals surface area contributed by atoms with E-state index in [0.29, 0.717) is 0 Å². The van der Waals surface area contributed by atoms with E-state index in [1.165, 1.54) is 33.2 Å². The Labute approximate surface area is 140 Å². The van der Waals surface area contributed by atoms with Gasteiger partial charge in [0.1, 0.15) is 11.3 Å². The molecule has 120 valence electrons. The number of aromatic amines is 1. The Hall–Kier alpha value is -2.52.